The fraction of sp³-hybridized carbons (Fsp3) is 0.185. The Kier molecular flexibility index (Phi) is 6.57. The van der Waals surface area contributed by atoms with E-state index in [1.165, 1.54) is 24.3 Å². The highest BCUT2D eigenvalue weighted by molar-refractivity contribution is 7.71. The zero-order valence-corrected chi connectivity index (χ0v) is 19.7. The quantitative estimate of drug-likeness (QED) is 0.383. The van der Waals surface area contributed by atoms with Gasteiger partial charge in [-0.25, -0.2) is 8.78 Å². The number of aromatic nitrogens is 2. The molecule has 1 saturated heterocycles. The summed E-state index contributed by atoms with van der Waals surface area (Å²) in [6.07, 6.45) is 1.66. The third-order valence-electron chi connectivity index (χ3n) is 6.35. The number of hydrogen-bond acceptors (Lipinski definition) is 3. The molecule has 0 radical (unpaired) electrons. The van der Waals surface area contributed by atoms with E-state index in [2.05, 4.69) is 9.88 Å². The van der Waals surface area contributed by atoms with Crippen LogP contribution in [0.25, 0.3) is 5.69 Å². The van der Waals surface area contributed by atoms with Crippen LogP contribution in [-0.2, 0) is 0 Å². The number of aromatic amines is 1. The van der Waals surface area contributed by atoms with Gasteiger partial charge in [-0.3, -0.25) is 14.3 Å². The second-order valence-corrected chi connectivity index (χ2v) is 8.87. The highest BCUT2D eigenvalue weighted by Crippen LogP contribution is 2.30. The van der Waals surface area contributed by atoms with Crippen molar-refractivity contribution >= 4 is 18.1 Å². The lowest BCUT2D eigenvalue weighted by atomic mass is 9.96. The van der Waals surface area contributed by atoms with Gasteiger partial charge in [0.05, 0.1) is 6.04 Å². The molecule has 8 heteroatoms. The Morgan fingerprint density at radius 3 is 1.89 bits per heavy atom. The highest BCUT2D eigenvalue weighted by atomic mass is 32.1. The minimum atomic E-state index is -0.304. The van der Waals surface area contributed by atoms with Crippen LogP contribution >= 0.6 is 12.2 Å². The van der Waals surface area contributed by atoms with Crippen LogP contribution in [-0.4, -0.2) is 51.4 Å². The molecule has 0 aliphatic carbocycles. The van der Waals surface area contributed by atoms with Crippen LogP contribution in [0.2, 0.25) is 0 Å². The van der Waals surface area contributed by atoms with E-state index >= 15 is 0 Å². The lowest BCUT2D eigenvalue weighted by Crippen LogP contribution is -2.50. The van der Waals surface area contributed by atoms with Crippen LogP contribution in [0.3, 0.4) is 0 Å². The van der Waals surface area contributed by atoms with Gasteiger partial charge in [-0.2, -0.15) is 0 Å². The molecule has 0 unspecified atom stereocenters. The number of carbonyl (C=O) groups is 1. The van der Waals surface area contributed by atoms with E-state index in [-0.39, 0.29) is 23.6 Å². The maximum Gasteiger partial charge on any atom is 0.272 e. The average molecular weight is 491 g/mol. The van der Waals surface area contributed by atoms with Crippen molar-refractivity contribution < 1.29 is 13.6 Å². The Balaban J connectivity index is 1.37. The van der Waals surface area contributed by atoms with E-state index in [1.807, 2.05) is 35.2 Å². The first-order chi connectivity index (χ1) is 17.0. The van der Waals surface area contributed by atoms with Gasteiger partial charge < -0.3 is 9.88 Å². The van der Waals surface area contributed by atoms with Crippen LogP contribution < -0.4 is 0 Å². The van der Waals surface area contributed by atoms with Crippen LogP contribution in [0.4, 0.5) is 8.78 Å². The number of nitrogens with one attached hydrogen (secondary N) is 1. The summed E-state index contributed by atoms with van der Waals surface area (Å²) >= 11 is 5.43. The first-order valence-corrected chi connectivity index (χ1v) is 11.8. The first-order valence-electron chi connectivity index (χ1n) is 11.4. The van der Waals surface area contributed by atoms with Gasteiger partial charge in [0.1, 0.15) is 17.3 Å². The van der Waals surface area contributed by atoms with E-state index in [9.17, 15) is 13.6 Å². The second-order valence-electron chi connectivity index (χ2n) is 8.48. The van der Waals surface area contributed by atoms with Crippen LogP contribution in [0.5, 0.6) is 0 Å². The summed E-state index contributed by atoms with van der Waals surface area (Å²) in [7, 11) is 0. The van der Waals surface area contributed by atoms with Gasteiger partial charge in [-0.05, 0) is 59.7 Å². The molecule has 0 spiro atoms. The second kappa shape index (κ2) is 9.93. The first kappa shape index (κ1) is 23.1. The van der Waals surface area contributed by atoms with Crippen molar-refractivity contribution in [3.8, 4) is 5.69 Å². The predicted molar refractivity (Wildman–Crippen MR) is 133 cm³/mol. The number of hydrogen-bond donors (Lipinski definition) is 1. The summed E-state index contributed by atoms with van der Waals surface area (Å²) in [5.74, 6) is -0.705. The van der Waals surface area contributed by atoms with Crippen molar-refractivity contribution in [3.63, 3.8) is 0 Å². The Morgan fingerprint density at radius 1 is 0.800 bits per heavy atom. The smallest absolute Gasteiger partial charge is 0.272 e. The summed E-state index contributed by atoms with van der Waals surface area (Å²) in [5, 5.41) is 0. The van der Waals surface area contributed by atoms with Gasteiger partial charge in [-0.1, -0.05) is 42.5 Å². The molecular formula is C27H24F2N4OS. The average Bonchev–Trinajstić information content (AvgIpc) is 3.28. The highest BCUT2D eigenvalue weighted by Gasteiger charge is 2.30. The molecule has 2 heterocycles. The van der Waals surface area contributed by atoms with Gasteiger partial charge >= 0.3 is 0 Å². The van der Waals surface area contributed by atoms with Gasteiger partial charge in [0.15, 0.2) is 4.77 Å². The summed E-state index contributed by atoms with van der Waals surface area (Å²) in [6.45, 7) is 2.26. The summed E-state index contributed by atoms with van der Waals surface area (Å²) in [6, 6.07) is 22.2. The summed E-state index contributed by atoms with van der Waals surface area (Å²) < 4.78 is 29.4. The molecule has 1 fully saturated rings. The van der Waals surface area contributed by atoms with Gasteiger partial charge in [0.2, 0.25) is 0 Å². The topological polar surface area (TPSA) is 44.3 Å². The normalized spacial score (nSPS) is 14.4. The Bertz CT molecular complexity index is 1310. The van der Waals surface area contributed by atoms with Crippen LogP contribution in [0, 0.1) is 16.4 Å². The number of para-hydroxylation sites is 1. The molecule has 1 N–H and O–H groups in total. The Labute approximate surface area is 207 Å². The minimum absolute atomic E-state index is 0.0963. The molecule has 1 aliphatic rings. The molecule has 5 rings (SSSR count). The number of amides is 1. The van der Waals surface area contributed by atoms with E-state index in [0.717, 1.165) is 16.8 Å². The third-order valence-corrected chi connectivity index (χ3v) is 6.65. The Hall–Kier alpha value is -3.62. The zero-order chi connectivity index (χ0) is 24.4. The van der Waals surface area contributed by atoms with E-state index < -0.39 is 0 Å². The number of halogens is 2. The SMILES string of the molecule is O=C(c1c[nH]c(=S)n1-c1ccccc1)N1CCN(C(c2ccc(F)cc2)c2ccc(F)cc2)CC1. The molecule has 1 aliphatic heterocycles. The molecule has 35 heavy (non-hydrogen) atoms. The van der Waals surface area contributed by atoms with Crippen molar-refractivity contribution in [3.05, 3.63) is 118 Å². The lowest BCUT2D eigenvalue weighted by molar-refractivity contribution is 0.0589. The monoisotopic (exact) mass is 490 g/mol. The van der Waals surface area contributed by atoms with Crippen molar-refractivity contribution in [1.29, 1.82) is 0 Å². The molecule has 1 amide bonds. The largest absolute Gasteiger partial charge is 0.336 e. The van der Waals surface area contributed by atoms with Gasteiger partial charge in [0, 0.05) is 38.1 Å². The van der Waals surface area contributed by atoms with Gasteiger partial charge in [-0.15, -0.1) is 0 Å². The molecule has 3 aromatic carbocycles. The third kappa shape index (κ3) is 4.80. The van der Waals surface area contributed by atoms with Crippen molar-refractivity contribution in [2.75, 3.05) is 26.2 Å². The number of benzene rings is 3. The van der Waals surface area contributed by atoms with Crippen LogP contribution in [0.1, 0.15) is 27.7 Å². The van der Waals surface area contributed by atoms with E-state index in [1.54, 1.807) is 35.0 Å². The lowest BCUT2D eigenvalue weighted by Gasteiger charge is -2.39. The molecule has 0 bridgehead atoms. The molecule has 5 nitrogen and oxygen atoms in total. The van der Waals surface area contributed by atoms with Crippen molar-refractivity contribution in [2.24, 2.45) is 0 Å². The van der Waals surface area contributed by atoms with Crippen molar-refractivity contribution in [1.82, 2.24) is 19.4 Å². The zero-order valence-electron chi connectivity index (χ0n) is 18.9. The number of rotatable bonds is 5. The van der Waals surface area contributed by atoms with E-state index in [0.29, 0.717) is 36.6 Å². The van der Waals surface area contributed by atoms with Gasteiger partial charge in [0.25, 0.3) is 5.91 Å². The molecular weight excluding hydrogens is 466 g/mol. The standard InChI is InChI=1S/C27H24F2N4OS/c28-21-10-6-19(7-11-21)25(20-8-12-22(29)13-9-20)31-14-16-32(17-15-31)26(34)24-18-30-27(35)33(24)23-4-2-1-3-5-23/h1-13,18,25H,14-17H2,(H,30,35). The van der Waals surface area contributed by atoms with Crippen LogP contribution in [0.15, 0.2) is 85.1 Å². The molecule has 0 saturated carbocycles. The number of H-pyrrole nitrogens is 1. The summed E-state index contributed by atoms with van der Waals surface area (Å²) in [4.78, 5) is 20.5. The minimum Gasteiger partial charge on any atom is -0.336 e. The number of imidazole rings is 1. The maximum atomic E-state index is 13.6. The molecule has 0 atom stereocenters. The van der Waals surface area contributed by atoms with Crippen molar-refractivity contribution in [2.45, 2.75) is 6.04 Å². The number of piperazine rings is 1. The van der Waals surface area contributed by atoms with E-state index in [4.69, 9.17) is 12.2 Å². The maximum absolute atomic E-state index is 13.6. The number of carbonyl (C=O) groups excluding carboxylic acids is 1. The predicted octanol–water partition coefficient (Wildman–Crippen LogP) is 5.36. The molecule has 1 aromatic heterocycles. The fourth-order valence-corrected chi connectivity index (χ4v) is 4.87. The molecule has 4 aromatic rings. The Morgan fingerprint density at radius 2 is 1.34 bits per heavy atom. The fourth-order valence-electron chi connectivity index (χ4n) is 4.61. The number of nitrogens with zero attached hydrogens (tertiary/aromatic N) is 3. The molecule has 178 valence electrons. The summed E-state index contributed by atoms with van der Waals surface area (Å²) in [5.41, 5.74) is 3.15.